The SMILES string of the molecule is CC(=O)N1CC(C#Cc2cnc(C(C)C)c(C)c2)C1. The van der Waals surface area contributed by atoms with Gasteiger partial charge in [-0.15, -0.1) is 0 Å². The first-order valence-electron chi connectivity index (χ1n) is 6.71. The second-order valence-corrected chi connectivity index (χ2v) is 5.47. The zero-order valence-corrected chi connectivity index (χ0v) is 12.0. The van der Waals surface area contributed by atoms with E-state index >= 15 is 0 Å². The summed E-state index contributed by atoms with van der Waals surface area (Å²) < 4.78 is 0. The van der Waals surface area contributed by atoms with Crippen LogP contribution < -0.4 is 0 Å². The normalized spacial score (nSPS) is 14.9. The van der Waals surface area contributed by atoms with Crippen molar-refractivity contribution in [1.29, 1.82) is 0 Å². The maximum Gasteiger partial charge on any atom is 0.219 e. The molecule has 1 aromatic heterocycles. The van der Waals surface area contributed by atoms with E-state index in [0.717, 1.165) is 24.3 Å². The van der Waals surface area contributed by atoms with Crippen molar-refractivity contribution < 1.29 is 4.79 Å². The Labute approximate surface area is 115 Å². The fourth-order valence-electron chi connectivity index (χ4n) is 2.27. The van der Waals surface area contributed by atoms with Crippen LogP contribution in [0.1, 0.15) is 43.5 Å². The lowest BCUT2D eigenvalue weighted by Gasteiger charge is -2.35. The Morgan fingerprint density at radius 3 is 2.68 bits per heavy atom. The number of carbonyl (C=O) groups is 1. The monoisotopic (exact) mass is 256 g/mol. The maximum absolute atomic E-state index is 11.1. The van der Waals surface area contributed by atoms with Crippen LogP contribution in [0.2, 0.25) is 0 Å². The quantitative estimate of drug-likeness (QED) is 0.723. The van der Waals surface area contributed by atoms with Crippen molar-refractivity contribution in [2.24, 2.45) is 5.92 Å². The second kappa shape index (κ2) is 5.44. The van der Waals surface area contributed by atoms with Crippen molar-refractivity contribution in [3.05, 3.63) is 29.1 Å². The van der Waals surface area contributed by atoms with E-state index < -0.39 is 0 Å². The van der Waals surface area contributed by atoms with Gasteiger partial charge in [0.15, 0.2) is 0 Å². The van der Waals surface area contributed by atoms with Gasteiger partial charge in [0.1, 0.15) is 0 Å². The van der Waals surface area contributed by atoms with E-state index in [1.165, 1.54) is 5.56 Å². The zero-order chi connectivity index (χ0) is 14.0. The van der Waals surface area contributed by atoms with Crippen molar-refractivity contribution in [2.45, 2.75) is 33.6 Å². The minimum Gasteiger partial charge on any atom is -0.340 e. The Hall–Kier alpha value is -1.82. The van der Waals surface area contributed by atoms with Crippen molar-refractivity contribution >= 4 is 5.91 Å². The third-order valence-electron chi connectivity index (χ3n) is 3.41. The summed E-state index contributed by atoms with van der Waals surface area (Å²) >= 11 is 0. The molecule has 3 nitrogen and oxygen atoms in total. The first kappa shape index (κ1) is 13.6. The predicted molar refractivity (Wildman–Crippen MR) is 75.7 cm³/mol. The van der Waals surface area contributed by atoms with Gasteiger partial charge in [0.05, 0.1) is 5.92 Å². The van der Waals surface area contributed by atoms with Gasteiger partial charge in [-0.05, 0) is 24.5 Å². The lowest BCUT2D eigenvalue weighted by molar-refractivity contribution is -0.133. The van der Waals surface area contributed by atoms with E-state index in [9.17, 15) is 4.79 Å². The summed E-state index contributed by atoms with van der Waals surface area (Å²) in [4.78, 5) is 17.3. The number of aromatic nitrogens is 1. The molecule has 1 fully saturated rings. The lowest BCUT2D eigenvalue weighted by Crippen LogP contribution is -2.48. The number of rotatable bonds is 1. The molecule has 1 aromatic rings. The molecule has 0 atom stereocenters. The third-order valence-corrected chi connectivity index (χ3v) is 3.41. The fourth-order valence-corrected chi connectivity index (χ4v) is 2.27. The average Bonchev–Trinajstić information content (AvgIpc) is 2.25. The summed E-state index contributed by atoms with van der Waals surface area (Å²) in [5.74, 6) is 7.27. The maximum atomic E-state index is 11.1. The summed E-state index contributed by atoms with van der Waals surface area (Å²) in [5, 5.41) is 0. The highest BCUT2D eigenvalue weighted by Gasteiger charge is 2.26. The van der Waals surface area contributed by atoms with Crippen LogP contribution in [0, 0.1) is 24.7 Å². The highest BCUT2D eigenvalue weighted by Crippen LogP contribution is 2.17. The third kappa shape index (κ3) is 3.14. The Morgan fingerprint density at radius 1 is 1.47 bits per heavy atom. The molecule has 100 valence electrons. The predicted octanol–water partition coefficient (Wildman–Crippen LogP) is 2.34. The number of carbonyl (C=O) groups excluding carboxylic acids is 1. The largest absolute Gasteiger partial charge is 0.340 e. The molecule has 0 bridgehead atoms. The molecule has 3 heteroatoms. The molecule has 0 aliphatic carbocycles. The van der Waals surface area contributed by atoms with Crippen LogP contribution in [0.4, 0.5) is 0 Å². The Bertz CT molecular complexity index is 546. The molecular weight excluding hydrogens is 236 g/mol. The lowest BCUT2D eigenvalue weighted by atomic mass is 10.00. The highest BCUT2D eigenvalue weighted by molar-refractivity contribution is 5.74. The average molecular weight is 256 g/mol. The molecule has 1 amide bonds. The molecule has 0 aromatic carbocycles. The van der Waals surface area contributed by atoms with Gasteiger partial charge >= 0.3 is 0 Å². The summed E-state index contributed by atoms with van der Waals surface area (Å²) in [5.41, 5.74) is 3.29. The Balaban J connectivity index is 2.02. The number of likely N-dealkylation sites (tertiary alicyclic amines) is 1. The molecule has 19 heavy (non-hydrogen) atoms. The molecule has 2 heterocycles. The molecule has 0 unspecified atom stereocenters. The van der Waals surface area contributed by atoms with Crippen LogP contribution in [-0.2, 0) is 4.79 Å². The van der Waals surface area contributed by atoms with Crippen molar-refractivity contribution in [2.75, 3.05) is 13.1 Å². The van der Waals surface area contributed by atoms with E-state index in [1.54, 1.807) is 6.92 Å². The van der Waals surface area contributed by atoms with Gasteiger partial charge in [-0.1, -0.05) is 25.7 Å². The van der Waals surface area contributed by atoms with Crippen LogP contribution >= 0.6 is 0 Å². The van der Waals surface area contributed by atoms with E-state index in [1.807, 2.05) is 11.1 Å². The van der Waals surface area contributed by atoms with Crippen LogP contribution in [0.3, 0.4) is 0 Å². The first-order valence-corrected chi connectivity index (χ1v) is 6.71. The number of nitrogens with zero attached hydrogens (tertiary/aromatic N) is 2. The van der Waals surface area contributed by atoms with Gasteiger partial charge in [-0.25, -0.2) is 0 Å². The van der Waals surface area contributed by atoms with Crippen LogP contribution in [0.5, 0.6) is 0 Å². The molecule has 1 aliphatic rings. The standard InChI is InChI=1S/C16H20N2O/c1-11(2)16-12(3)7-14(8-17-16)5-6-15-9-18(10-15)13(4)19/h7-8,11,15H,9-10H2,1-4H3. The number of hydrogen-bond donors (Lipinski definition) is 0. The van der Waals surface area contributed by atoms with Crippen molar-refractivity contribution in [3.8, 4) is 11.8 Å². The van der Waals surface area contributed by atoms with Crippen molar-refractivity contribution in [3.63, 3.8) is 0 Å². The highest BCUT2D eigenvalue weighted by atomic mass is 16.2. The van der Waals surface area contributed by atoms with Gasteiger partial charge < -0.3 is 4.90 Å². The van der Waals surface area contributed by atoms with Gasteiger partial charge in [0.25, 0.3) is 0 Å². The second-order valence-electron chi connectivity index (χ2n) is 5.47. The molecule has 0 spiro atoms. The van der Waals surface area contributed by atoms with Crippen LogP contribution in [0.25, 0.3) is 0 Å². The first-order chi connectivity index (χ1) is 8.97. The Morgan fingerprint density at radius 2 is 2.16 bits per heavy atom. The minimum absolute atomic E-state index is 0.136. The number of hydrogen-bond acceptors (Lipinski definition) is 2. The number of aryl methyl sites for hydroxylation is 1. The van der Waals surface area contributed by atoms with Crippen LogP contribution in [0.15, 0.2) is 12.3 Å². The van der Waals surface area contributed by atoms with Crippen molar-refractivity contribution in [1.82, 2.24) is 9.88 Å². The number of pyridine rings is 1. The number of amides is 1. The van der Waals surface area contributed by atoms with Gasteiger partial charge in [-0.3, -0.25) is 9.78 Å². The molecule has 2 rings (SSSR count). The summed E-state index contributed by atoms with van der Waals surface area (Å²) in [6, 6.07) is 2.09. The van der Waals surface area contributed by atoms with Gasteiger partial charge in [0.2, 0.25) is 5.91 Å². The topological polar surface area (TPSA) is 33.2 Å². The minimum atomic E-state index is 0.136. The summed E-state index contributed by atoms with van der Waals surface area (Å²) in [6.07, 6.45) is 1.84. The Kier molecular flexibility index (Phi) is 3.90. The fraction of sp³-hybridized carbons (Fsp3) is 0.500. The zero-order valence-electron chi connectivity index (χ0n) is 12.0. The molecule has 0 N–H and O–H groups in total. The molecule has 1 saturated heterocycles. The molecular formula is C16H20N2O. The summed E-state index contributed by atoms with van der Waals surface area (Å²) in [6.45, 7) is 9.49. The molecule has 0 saturated carbocycles. The summed E-state index contributed by atoms with van der Waals surface area (Å²) in [7, 11) is 0. The van der Waals surface area contributed by atoms with Gasteiger partial charge in [0, 0.05) is 37.5 Å². The van der Waals surface area contributed by atoms with E-state index in [2.05, 4.69) is 43.7 Å². The molecule has 0 radical (unpaired) electrons. The van der Waals surface area contributed by atoms with Gasteiger partial charge in [-0.2, -0.15) is 0 Å². The molecule has 1 aliphatic heterocycles. The van der Waals surface area contributed by atoms with E-state index in [-0.39, 0.29) is 5.91 Å². The van der Waals surface area contributed by atoms with E-state index in [4.69, 9.17) is 0 Å². The van der Waals surface area contributed by atoms with Crippen LogP contribution in [-0.4, -0.2) is 28.9 Å². The van der Waals surface area contributed by atoms with E-state index in [0.29, 0.717) is 11.8 Å². The smallest absolute Gasteiger partial charge is 0.219 e.